The summed E-state index contributed by atoms with van der Waals surface area (Å²) in [6.45, 7) is -1.79. The number of pyridine rings is 1. The Morgan fingerprint density at radius 1 is 1.00 bits per heavy atom. The lowest BCUT2D eigenvalue weighted by atomic mass is 10.2. The third kappa shape index (κ3) is 4.03. The van der Waals surface area contributed by atoms with Gasteiger partial charge in [-0.2, -0.15) is 31.3 Å². The third-order valence-electron chi connectivity index (χ3n) is 3.46. The Balaban J connectivity index is 2.32. The van der Waals surface area contributed by atoms with E-state index in [4.69, 9.17) is 11.6 Å². The number of para-hydroxylation sites is 1. The SMILES string of the molecule is O=c1nc(OCC(F)(F)F)c2ccc(C(F)(F)F)nc2n1-c1ccccc1Cl. The van der Waals surface area contributed by atoms with Gasteiger partial charge in [0.2, 0.25) is 5.88 Å². The number of benzene rings is 1. The molecule has 0 N–H and O–H groups in total. The fourth-order valence-corrected chi connectivity index (χ4v) is 2.56. The lowest BCUT2D eigenvalue weighted by Gasteiger charge is -2.15. The Labute approximate surface area is 157 Å². The number of halogens is 7. The van der Waals surface area contributed by atoms with E-state index in [2.05, 4.69) is 14.7 Å². The summed E-state index contributed by atoms with van der Waals surface area (Å²) in [5, 5.41) is -0.326. The van der Waals surface area contributed by atoms with Crippen molar-refractivity contribution >= 4 is 22.6 Å². The fraction of sp³-hybridized carbons (Fsp3) is 0.188. The molecule has 3 aromatic rings. The second kappa shape index (κ2) is 6.97. The van der Waals surface area contributed by atoms with E-state index in [-0.39, 0.29) is 16.1 Å². The molecule has 5 nitrogen and oxygen atoms in total. The van der Waals surface area contributed by atoms with Gasteiger partial charge in [0.05, 0.1) is 16.1 Å². The Morgan fingerprint density at radius 2 is 1.68 bits per heavy atom. The number of hydrogen-bond donors (Lipinski definition) is 0. The molecule has 12 heteroatoms. The van der Waals surface area contributed by atoms with Gasteiger partial charge in [0.25, 0.3) is 0 Å². The normalized spacial score (nSPS) is 12.4. The first kappa shape index (κ1) is 19.9. The van der Waals surface area contributed by atoms with Crippen LogP contribution < -0.4 is 10.4 Å². The topological polar surface area (TPSA) is 57.0 Å². The molecule has 2 aromatic heterocycles. The number of nitrogens with zero attached hydrogens (tertiary/aromatic N) is 3. The number of aromatic nitrogens is 3. The Morgan fingerprint density at radius 3 is 2.29 bits per heavy atom. The highest BCUT2D eigenvalue weighted by molar-refractivity contribution is 6.32. The summed E-state index contributed by atoms with van der Waals surface area (Å²) in [4.78, 5) is 19.2. The van der Waals surface area contributed by atoms with E-state index < -0.39 is 41.9 Å². The molecule has 0 fully saturated rings. The molecule has 0 unspecified atom stereocenters. The van der Waals surface area contributed by atoms with Crippen LogP contribution in [-0.4, -0.2) is 27.3 Å². The summed E-state index contributed by atoms with van der Waals surface area (Å²) in [6, 6.07) is 7.05. The summed E-state index contributed by atoms with van der Waals surface area (Å²) >= 11 is 6.00. The van der Waals surface area contributed by atoms with E-state index >= 15 is 0 Å². The van der Waals surface area contributed by atoms with Gasteiger partial charge in [-0.15, -0.1) is 0 Å². The van der Waals surface area contributed by atoms with Gasteiger partial charge in [-0.25, -0.2) is 14.3 Å². The first-order valence-electron chi connectivity index (χ1n) is 7.43. The van der Waals surface area contributed by atoms with Crippen LogP contribution in [0.4, 0.5) is 26.3 Å². The van der Waals surface area contributed by atoms with Crippen LogP contribution in [0, 0.1) is 0 Å². The summed E-state index contributed by atoms with van der Waals surface area (Å²) < 4.78 is 81.7. The van der Waals surface area contributed by atoms with E-state index in [0.29, 0.717) is 10.6 Å². The molecule has 0 bridgehead atoms. The zero-order chi connectivity index (χ0) is 20.7. The number of fused-ring (bicyclic) bond motifs is 1. The maximum absolute atomic E-state index is 13.1. The highest BCUT2D eigenvalue weighted by Gasteiger charge is 2.34. The predicted molar refractivity (Wildman–Crippen MR) is 86.7 cm³/mol. The zero-order valence-electron chi connectivity index (χ0n) is 13.5. The van der Waals surface area contributed by atoms with Crippen molar-refractivity contribution in [2.45, 2.75) is 12.4 Å². The summed E-state index contributed by atoms with van der Waals surface area (Å²) in [6.07, 6.45) is -9.60. The van der Waals surface area contributed by atoms with Crippen molar-refractivity contribution in [1.29, 1.82) is 0 Å². The van der Waals surface area contributed by atoms with Crippen LogP contribution in [0.2, 0.25) is 5.02 Å². The number of ether oxygens (including phenoxy) is 1. The molecule has 0 saturated heterocycles. The largest absolute Gasteiger partial charge is 0.467 e. The second-order valence-electron chi connectivity index (χ2n) is 5.46. The molecular formula is C16H8ClF6N3O2. The molecular weight excluding hydrogens is 416 g/mol. The van der Waals surface area contributed by atoms with Crippen molar-refractivity contribution in [1.82, 2.24) is 14.5 Å². The summed E-state index contributed by atoms with van der Waals surface area (Å²) in [5.74, 6) is -0.790. The third-order valence-corrected chi connectivity index (χ3v) is 3.78. The standard InChI is InChI=1S/C16H8ClF6N3O2/c17-9-3-1-2-4-10(9)26-12-8(5-6-11(24-12)16(21,22)23)13(25-14(26)27)28-7-15(18,19)20/h1-6H,7H2. The van der Waals surface area contributed by atoms with Gasteiger partial charge < -0.3 is 4.74 Å². The van der Waals surface area contributed by atoms with E-state index in [9.17, 15) is 31.1 Å². The smallest absolute Gasteiger partial charge is 0.433 e. The molecule has 1 aromatic carbocycles. The fourth-order valence-electron chi connectivity index (χ4n) is 2.34. The van der Waals surface area contributed by atoms with Crippen LogP contribution in [0.15, 0.2) is 41.2 Å². The summed E-state index contributed by atoms with van der Waals surface area (Å²) in [7, 11) is 0. The van der Waals surface area contributed by atoms with E-state index in [1.165, 1.54) is 24.3 Å². The molecule has 0 aliphatic carbocycles. The highest BCUT2D eigenvalue weighted by Crippen LogP contribution is 2.32. The molecule has 3 rings (SSSR count). The van der Waals surface area contributed by atoms with Crippen molar-refractivity contribution in [3.8, 4) is 11.6 Å². The van der Waals surface area contributed by atoms with E-state index in [0.717, 1.165) is 6.07 Å². The van der Waals surface area contributed by atoms with Crippen molar-refractivity contribution in [3.63, 3.8) is 0 Å². The van der Waals surface area contributed by atoms with Crippen LogP contribution in [-0.2, 0) is 6.18 Å². The maximum Gasteiger partial charge on any atom is 0.433 e. The van der Waals surface area contributed by atoms with Gasteiger partial charge in [-0.05, 0) is 24.3 Å². The molecule has 0 spiro atoms. The van der Waals surface area contributed by atoms with Gasteiger partial charge in [0.15, 0.2) is 12.3 Å². The van der Waals surface area contributed by atoms with Crippen molar-refractivity contribution in [2.24, 2.45) is 0 Å². The van der Waals surface area contributed by atoms with Gasteiger partial charge in [-0.3, -0.25) is 0 Å². The van der Waals surface area contributed by atoms with E-state index in [1.54, 1.807) is 0 Å². The van der Waals surface area contributed by atoms with Gasteiger partial charge >= 0.3 is 18.0 Å². The lowest BCUT2D eigenvalue weighted by Crippen LogP contribution is -2.26. The average molecular weight is 424 g/mol. The summed E-state index contributed by atoms with van der Waals surface area (Å²) in [5.41, 5.74) is -3.20. The van der Waals surface area contributed by atoms with Crippen LogP contribution in [0.3, 0.4) is 0 Å². The Kier molecular flexibility index (Phi) is 4.96. The molecule has 0 saturated carbocycles. The molecule has 0 aliphatic rings. The number of hydrogen-bond acceptors (Lipinski definition) is 4. The van der Waals surface area contributed by atoms with E-state index in [1.807, 2.05) is 0 Å². The first-order chi connectivity index (χ1) is 13.0. The van der Waals surface area contributed by atoms with Crippen LogP contribution >= 0.6 is 11.6 Å². The molecule has 0 aliphatic heterocycles. The predicted octanol–water partition coefficient (Wildman–Crippen LogP) is 4.39. The minimum atomic E-state index is -4.86. The van der Waals surface area contributed by atoms with Crippen molar-refractivity contribution in [3.05, 3.63) is 57.6 Å². The molecule has 0 radical (unpaired) electrons. The molecule has 2 heterocycles. The quantitative estimate of drug-likeness (QED) is 0.586. The average Bonchev–Trinajstić information content (AvgIpc) is 2.59. The number of rotatable bonds is 3. The lowest BCUT2D eigenvalue weighted by molar-refractivity contribution is -0.153. The highest BCUT2D eigenvalue weighted by atomic mass is 35.5. The Bertz CT molecular complexity index is 1090. The van der Waals surface area contributed by atoms with Gasteiger partial charge in [-0.1, -0.05) is 23.7 Å². The second-order valence-corrected chi connectivity index (χ2v) is 5.86. The van der Waals surface area contributed by atoms with Crippen LogP contribution in [0.5, 0.6) is 5.88 Å². The minimum absolute atomic E-state index is 0.00382. The minimum Gasteiger partial charge on any atom is -0.467 e. The van der Waals surface area contributed by atoms with Crippen LogP contribution in [0.1, 0.15) is 5.69 Å². The van der Waals surface area contributed by atoms with Crippen molar-refractivity contribution in [2.75, 3.05) is 6.61 Å². The molecule has 0 amide bonds. The Hall–Kier alpha value is -2.82. The molecule has 148 valence electrons. The van der Waals surface area contributed by atoms with Gasteiger partial charge in [0, 0.05) is 0 Å². The first-order valence-corrected chi connectivity index (χ1v) is 7.80. The molecule has 28 heavy (non-hydrogen) atoms. The maximum atomic E-state index is 13.1. The monoisotopic (exact) mass is 423 g/mol. The van der Waals surface area contributed by atoms with Crippen LogP contribution in [0.25, 0.3) is 16.7 Å². The number of alkyl halides is 6. The van der Waals surface area contributed by atoms with Gasteiger partial charge in [0.1, 0.15) is 5.69 Å². The van der Waals surface area contributed by atoms with Crippen molar-refractivity contribution < 1.29 is 31.1 Å². The zero-order valence-corrected chi connectivity index (χ0v) is 14.2. The molecule has 0 atom stereocenters.